The molecule has 8 heteroatoms. The van der Waals surface area contributed by atoms with Crippen LogP contribution in [0.1, 0.15) is 5.82 Å². The lowest BCUT2D eigenvalue weighted by atomic mass is 10.2. The lowest BCUT2D eigenvalue weighted by Crippen LogP contribution is -2.53. The molecule has 0 bridgehead atoms. The fourth-order valence-corrected chi connectivity index (χ4v) is 4.14. The van der Waals surface area contributed by atoms with Gasteiger partial charge in [0.1, 0.15) is 11.6 Å². The fourth-order valence-electron chi connectivity index (χ4n) is 4.14. The maximum absolute atomic E-state index is 5.52. The zero-order valence-corrected chi connectivity index (χ0v) is 20.7. The van der Waals surface area contributed by atoms with Crippen molar-refractivity contribution in [3.05, 3.63) is 54.4 Å². The van der Waals surface area contributed by atoms with Crippen molar-refractivity contribution in [1.82, 2.24) is 19.8 Å². The van der Waals surface area contributed by atoms with Gasteiger partial charge in [-0.05, 0) is 31.2 Å². The smallest absolute Gasteiger partial charge is 0.193 e. The first-order valence-corrected chi connectivity index (χ1v) is 10.5. The van der Waals surface area contributed by atoms with Crippen LogP contribution < -0.4 is 15.0 Å². The SMILES string of the molecule is CN=C(NCCn1c(C)nc2ccccc21)N1CCN(c2ccccc2OC)CC1.I. The van der Waals surface area contributed by atoms with Crippen LogP contribution in [0.5, 0.6) is 5.75 Å². The van der Waals surface area contributed by atoms with Crippen LogP contribution in [0.25, 0.3) is 11.0 Å². The minimum atomic E-state index is 0. The first-order chi connectivity index (χ1) is 14.7. The topological polar surface area (TPSA) is 57.9 Å². The highest BCUT2D eigenvalue weighted by Gasteiger charge is 2.21. The van der Waals surface area contributed by atoms with Crippen LogP contribution in [-0.4, -0.2) is 67.3 Å². The van der Waals surface area contributed by atoms with E-state index in [0.717, 1.165) is 68.0 Å². The van der Waals surface area contributed by atoms with Crippen molar-refractivity contribution in [1.29, 1.82) is 0 Å². The van der Waals surface area contributed by atoms with Crippen LogP contribution in [-0.2, 0) is 6.54 Å². The monoisotopic (exact) mass is 534 g/mol. The zero-order valence-electron chi connectivity index (χ0n) is 18.4. The molecule has 1 saturated heterocycles. The number of methoxy groups -OCH3 is 1. The molecule has 2 aromatic carbocycles. The van der Waals surface area contributed by atoms with Gasteiger partial charge >= 0.3 is 0 Å². The number of imidazole rings is 1. The number of anilines is 1. The number of ether oxygens (including phenoxy) is 1. The summed E-state index contributed by atoms with van der Waals surface area (Å²) in [5.74, 6) is 2.92. The van der Waals surface area contributed by atoms with Crippen LogP contribution in [0.4, 0.5) is 5.69 Å². The van der Waals surface area contributed by atoms with Gasteiger partial charge in [0.25, 0.3) is 0 Å². The van der Waals surface area contributed by atoms with Gasteiger partial charge < -0.3 is 24.4 Å². The third kappa shape index (κ3) is 5.06. The summed E-state index contributed by atoms with van der Waals surface area (Å²) in [4.78, 5) is 13.9. The average molecular weight is 534 g/mol. The summed E-state index contributed by atoms with van der Waals surface area (Å²) in [6.07, 6.45) is 0. The van der Waals surface area contributed by atoms with Gasteiger partial charge in [0, 0.05) is 46.3 Å². The highest BCUT2D eigenvalue weighted by molar-refractivity contribution is 14.0. The van der Waals surface area contributed by atoms with Gasteiger partial charge in [0.15, 0.2) is 5.96 Å². The van der Waals surface area contributed by atoms with E-state index in [1.165, 1.54) is 5.52 Å². The molecular formula is C23H31IN6O. The first-order valence-electron chi connectivity index (χ1n) is 10.5. The summed E-state index contributed by atoms with van der Waals surface area (Å²) >= 11 is 0. The summed E-state index contributed by atoms with van der Waals surface area (Å²) < 4.78 is 7.78. The number of aryl methyl sites for hydroxylation is 1. The predicted molar refractivity (Wildman–Crippen MR) is 138 cm³/mol. The molecule has 1 aromatic heterocycles. The van der Waals surface area contributed by atoms with Crippen molar-refractivity contribution in [3.63, 3.8) is 0 Å². The summed E-state index contributed by atoms with van der Waals surface area (Å²) in [7, 11) is 3.58. The summed E-state index contributed by atoms with van der Waals surface area (Å²) in [6.45, 7) is 7.44. The highest BCUT2D eigenvalue weighted by Crippen LogP contribution is 2.28. The lowest BCUT2D eigenvalue weighted by molar-refractivity contribution is 0.366. The van der Waals surface area contributed by atoms with E-state index < -0.39 is 0 Å². The van der Waals surface area contributed by atoms with E-state index in [9.17, 15) is 0 Å². The number of halogens is 1. The molecule has 0 aliphatic carbocycles. The van der Waals surface area contributed by atoms with Crippen molar-refractivity contribution in [3.8, 4) is 5.75 Å². The number of aromatic nitrogens is 2. The van der Waals surface area contributed by atoms with Gasteiger partial charge in [0.05, 0.1) is 23.8 Å². The second kappa shape index (κ2) is 10.7. The Labute approximate surface area is 201 Å². The Morgan fingerprint density at radius 1 is 1.06 bits per heavy atom. The lowest BCUT2D eigenvalue weighted by Gasteiger charge is -2.38. The van der Waals surface area contributed by atoms with Crippen LogP contribution in [0.3, 0.4) is 0 Å². The summed E-state index contributed by atoms with van der Waals surface area (Å²) in [5, 5.41) is 3.53. The molecule has 7 nitrogen and oxygen atoms in total. The number of para-hydroxylation sites is 4. The molecule has 1 fully saturated rings. The maximum atomic E-state index is 5.52. The van der Waals surface area contributed by atoms with E-state index in [0.29, 0.717) is 0 Å². The standard InChI is InChI=1S/C23H30N6O.HI/c1-18-26-19-8-4-5-9-20(19)29(18)13-12-25-23(24-2)28-16-14-27(15-17-28)21-10-6-7-11-22(21)30-3;/h4-11H,12-17H2,1-3H3,(H,24,25);1H. The van der Waals surface area contributed by atoms with Gasteiger partial charge in [-0.1, -0.05) is 24.3 Å². The van der Waals surface area contributed by atoms with Crippen molar-refractivity contribution >= 4 is 46.7 Å². The molecule has 0 radical (unpaired) electrons. The minimum absolute atomic E-state index is 0. The van der Waals surface area contributed by atoms with Crippen LogP contribution in [0.15, 0.2) is 53.5 Å². The quantitative estimate of drug-likeness (QED) is 0.309. The normalized spacial score (nSPS) is 14.5. The second-order valence-corrected chi connectivity index (χ2v) is 7.42. The van der Waals surface area contributed by atoms with E-state index in [1.807, 2.05) is 25.2 Å². The Bertz CT molecular complexity index is 1030. The Morgan fingerprint density at radius 3 is 2.52 bits per heavy atom. The maximum Gasteiger partial charge on any atom is 0.193 e. The Morgan fingerprint density at radius 2 is 1.77 bits per heavy atom. The van der Waals surface area contributed by atoms with Gasteiger partial charge in [-0.2, -0.15) is 0 Å². The number of nitrogens with one attached hydrogen (secondary N) is 1. The number of guanidine groups is 1. The molecule has 1 N–H and O–H groups in total. The molecule has 2 heterocycles. The van der Waals surface area contributed by atoms with Crippen LogP contribution in [0, 0.1) is 6.92 Å². The average Bonchev–Trinajstić information content (AvgIpc) is 3.12. The Kier molecular flexibility index (Phi) is 8.00. The molecular weight excluding hydrogens is 503 g/mol. The van der Waals surface area contributed by atoms with E-state index in [-0.39, 0.29) is 24.0 Å². The number of benzene rings is 2. The van der Waals surface area contributed by atoms with E-state index in [4.69, 9.17) is 4.74 Å². The largest absolute Gasteiger partial charge is 0.495 e. The van der Waals surface area contributed by atoms with Crippen molar-refractivity contribution < 1.29 is 4.74 Å². The molecule has 31 heavy (non-hydrogen) atoms. The molecule has 0 amide bonds. The third-order valence-corrected chi connectivity index (χ3v) is 5.68. The van der Waals surface area contributed by atoms with E-state index in [2.05, 4.69) is 66.9 Å². The predicted octanol–water partition coefficient (Wildman–Crippen LogP) is 3.37. The zero-order chi connectivity index (χ0) is 20.9. The van der Waals surface area contributed by atoms with Crippen LogP contribution in [0.2, 0.25) is 0 Å². The Hall–Kier alpha value is -2.49. The van der Waals surface area contributed by atoms with Gasteiger partial charge in [-0.3, -0.25) is 4.99 Å². The van der Waals surface area contributed by atoms with E-state index in [1.54, 1.807) is 7.11 Å². The highest BCUT2D eigenvalue weighted by atomic mass is 127. The number of piperazine rings is 1. The molecule has 1 aliphatic rings. The fraction of sp³-hybridized carbons (Fsp3) is 0.391. The van der Waals surface area contributed by atoms with Gasteiger partial charge in [0.2, 0.25) is 0 Å². The molecule has 0 saturated carbocycles. The molecule has 3 aromatic rings. The number of aliphatic imine (C=N–C) groups is 1. The number of hydrogen-bond acceptors (Lipinski definition) is 4. The number of nitrogens with zero attached hydrogens (tertiary/aromatic N) is 5. The number of fused-ring (bicyclic) bond motifs is 1. The number of hydrogen-bond donors (Lipinski definition) is 1. The summed E-state index contributed by atoms with van der Waals surface area (Å²) in [6, 6.07) is 16.5. The van der Waals surface area contributed by atoms with Gasteiger partial charge in [-0.15, -0.1) is 24.0 Å². The van der Waals surface area contributed by atoms with Gasteiger partial charge in [-0.25, -0.2) is 4.98 Å². The molecule has 4 rings (SSSR count). The van der Waals surface area contributed by atoms with Crippen molar-refractivity contribution in [2.75, 3.05) is 51.8 Å². The Balaban J connectivity index is 0.00000272. The molecule has 0 spiro atoms. The second-order valence-electron chi connectivity index (χ2n) is 7.42. The molecule has 166 valence electrons. The molecule has 1 aliphatic heterocycles. The van der Waals surface area contributed by atoms with Crippen LogP contribution >= 0.6 is 24.0 Å². The van der Waals surface area contributed by atoms with E-state index >= 15 is 0 Å². The number of rotatable bonds is 5. The molecule has 0 unspecified atom stereocenters. The third-order valence-electron chi connectivity index (χ3n) is 5.68. The first kappa shape index (κ1) is 23.2. The summed E-state index contributed by atoms with van der Waals surface area (Å²) in [5.41, 5.74) is 3.38. The molecule has 0 atom stereocenters. The van der Waals surface area contributed by atoms with Crippen molar-refractivity contribution in [2.45, 2.75) is 13.5 Å². The minimum Gasteiger partial charge on any atom is -0.495 e. The van der Waals surface area contributed by atoms with Crippen molar-refractivity contribution in [2.24, 2.45) is 4.99 Å².